The molecule has 0 aliphatic heterocycles. The molecule has 0 unspecified atom stereocenters. The Kier molecular flexibility index (Phi) is 4.62. The molecule has 2 aromatic rings. The van der Waals surface area contributed by atoms with E-state index in [2.05, 4.69) is 15.9 Å². The van der Waals surface area contributed by atoms with Gasteiger partial charge in [0.25, 0.3) is 0 Å². The first-order valence-electron chi connectivity index (χ1n) is 5.79. The van der Waals surface area contributed by atoms with Crippen molar-refractivity contribution in [3.63, 3.8) is 0 Å². The predicted molar refractivity (Wildman–Crippen MR) is 81.6 cm³/mol. The van der Waals surface area contributed by atoms with Gasteiger partial charge in [0.05, 0.1) is 9.40 Å². The van der Waals surface area contributed by atoms with Crippen molar-refractivity contribution < 1.29 is 9.66 Å². The molecule has 104 valence electrons. The molecule has 0 spiro atoms. The molecule has 20 heavy (non-hydrogen) atoms. The fourth-order valence-electron chi connectivity index (χ4n) is 1.78. The summed E-state index contributed by atoms with van der Waals surface area (Å²) in [6.45, 7) is 1.68. The molecule has 6 heteroatoms. The van der Waals surface area contributed by atoms with Crippen LogP contribution >= 0.6 is 27.5 Å². The van der Waals surface area contributed by atoms with E-state index in [4.69, 9.17) is 16.3 Å². The molecule has 0 amide bonds. The van der Waals surface area contributed by atoms with Gasteiger partial charge in [-0.05, 0) is 46.6 Å². The Morgan fingerprint density at radius 2 is 2.05 bits per heavy atom. The van der Waals surface area contributed by atoms with E-state index in [1.165, 1.54) is 0 Å². The highest BCUT2D eigenvalue weighted by Crippen LogP contribution is 2.37. The summed E-state index contributed by atoms with van der Waals surface area (Å²) in [7, 11) is 0. The summed E-state index contributed by atoms with van der Waals surface area (Å²) in [6, 6.07) is 10.3. The number of rotatable bonds is 4. The Labute approximate surface area is 129 Å². The first-order chi connectivity index (χ1) is 9.52. The summed E-state index contributed by atoms with van der Waals surface area (Å²) in [6.07, 6.45) is 0. The van der Waals surface area contributed by atoms with Crippen molar-refractivity contribution in [3.8, 4) is 11.5 Å². The maximum Gasteiger partial charge on any atom is 0.314 e. The number of alkyl halides is 1. The average molecular weight is 357 g/mol. The average Bonchev–Trinajstić information content (AvgIpc) is 2.40. The lowest BCUT2D eigenvalue weighted by atomic mass is 10.2. The van der Waals surface area contributed by atoms with Crippen LogP contribution in [0, 0.1) is 17.0 Å². The molecule has 2 aromatic carbocycles. The van der Waals surface area contributed by atoms with E-state index in [0.29, 0.717) is 21.7 Å². The SMILES string of the molecule is Cc1cccc(Oc2ccc(CCl)cc2Br)c1[N+](=O)[O-]. The first-order valence-corrected chi connectivity index (χ1v) is 7.12. The molecule has 0 N–H and O–H groups in total. The van der Waals surface area contributed by atoms with Crippen LogP contribution in [0.15, 0.2) is 40.9 Å². The second-order valence-electron chi connectivity index (χ2n) is 4.18. The summed E-state index contributed by atoms with van der Waals surface area (Å²) >= 11 is 9.12. The number of hydrogen-bond acceptors (Lipinski definition) is 3. The molecule has 4 nitrogen and oxygen atoms in total. The molecule has 0 radical (unpaired) electrons. The maximum atomic E-state index is 11.1. The number of hydrogen-bond donors (Lipinski definition) is 0. The minimum Gasteiger partial charge on any atom is -0.449 e. The van der Waals surface area contributed by atoms with Gasteiger partial charge in [0.2, 0.25) is 5.75 Å². The van der Waals surface area contributed by atoms with Crippen molar-refractivity contribution in [1.82, 2.24) is 0 Å². The third kappa shape index (κ3) is 3.11. The predicted octanol–water partition coefficient (Wildman–Crippen LogP) is 5.20. The molecule has 0 aromatic heterocycles. The first kappa shape index (κ1) is 14.8. The normalized spacial score (nSPS) is 10.3. The zero-order valence-corrected chi connectivity index (χ0v) is 12.9. The lowest BCUT2D eigenvalue weighted by molar-refractivity contribution is -0.386. The van der Waals surface area contributed by atoms with E-state index in [0.717, 1.165) is 5.56 Å². The number of nitro groups is 1. The highest BCUT2D eigenvalue weighted by molar-refractivity contribution is 9.10. The summed E-state index contributed by atoms with van der Waals surface area (Å²) in [5, 5.41) is 11.1. The fourth-order valence-corrected chi connectivity index (χ4v) is 2.45. The van der Waals surface area contributed by atoms with Crippen molar-refractivity contribution in [3.05, 3.63) is 62.1 Å². The topological polar surface area (TPSA) is 52.4 Å². The van der Waals surface area contributed by atoms with Crippen LogP contribution in [-0.2, 0) is 5.88 Å². The highest BCUT2D eigenvalue weighted by atomic mass is 79.9. The monoisotopic (exact) mass is 355 g/mol. The van der Waals surface area contributed by atoms with E-state index in [1.54, 1.807) is 31.2 Å². The number of ether oxygens (including phenoxy) is 1. The zero-order chi connectivity index (χ0) is 14.7. The summed E-state index contributed by atoms with van der Waals surface area (Å²) in [4.78, 5) is 10.7. The Hall–Kier alpha value is -1.59. The molecule has 0 heterocycles. The van der Waals surface area contributed by atoms with Gasteiger partial charge in [-0.1, -0.05) is 18.2 Å². The number of halogens is 2. The molecule has 0 atom stereocenters. The van der Waals surface area contributed by atoms with Crippen LogP contribution in [0.5, 0.6) is 11.5 Å². The second-order valence-corrected chi connectivity index (χ2v) is 5.30. The molecule has 2 rings (SSSR count). The maximum absolute atomic E-state index is 11.1. The number of benzene rings is 2. The van der Waals surface area contributed by atoms with E-state index in [-0.39, 0.29) is 11.4 Å². The number of aryl methyl sites for hydroxylation is 1. The van der Waals surface area contributed by atoms with Crippen LogP contribution < -0.4 is 4.74 Å². The third-order valence-corrected chi connectivity index (χ3v) is 3.68. The summed E-state index contributed by atoms with van der Waals surface area (Å²) in [5.74, 6) is 1.12. The number of para-hydroxylation sites is 1. The van der Waals surface area contributed by atoms with Crippen molar-refractivity contribution in [1.29, 1.82) is 0 Å². The van der Waals surface area contributed by atoms with Crippen LogP contribution in [-0.4, -0.2) is 4.92 Å². The highest BCUT2D eigenvalue weighted by Gasteiger charge is 2.19. The summed E-state index contributed by atoms with van der Waals surface area (Å²) < 4.78 is 6.35. The van der Waals surface area contributed by atoms with Gasteiger partial charge in [-0.25, -0.2) is 0 Å². The molecule has 0 aliphatic rings. The Morgan fingerprint density at radius 3 is 2.65 bits per heavy atom. The minimum absolute atomic E-state index is 0.0270. The molecule has 0 saturated carbocycles. The molecule has 0 aliphatic carbocycles. The van der Waals surface area contributed by atoms with Gasteiger partial charge in [0, 0.05) is 11.4 Å². The van der Waals surface area contributed by atoms with E-state index >= 15 is 0 Å². The van der Waals surface area contributed by atoms with Gasteiger partial charge in [0.15, 0.2) is 0 Å². The number of nitro benzene ring substituents is 1. The van der Waals surface area contributed by atoms with Crippen molar-refractivity contribution in [2.24, 2.45) is 0 Å². The fraction of sp³-hybridized carbons (Fsp3) is 0.143. The molecule has 0 fully saturated rings. The van der Waals surface area contributed by atoms with Gasteiger partial charge in [-0.15, -0.1) is 11.6 Å². The summed E-state index contributed by atoms with van der Waals surface area (Å²) in [5.41, 5.74) is 1.46. The van der Waals surface area contributed by atoms with E-state index < -0.39 is 4.92 Å². The molecular formula is C14H11BrClNO3. The third-order valence-electron chi connectivity index (χ3n) is 2.75. The Morgan fingerprint density at radius 1 is 1.30 bits per heavy atom. The van der Waals surface area contributed by atoms with Crippen LogP contribution in [0.4, 0.5) is 5.69 Å². The molecule has 0 bridgehead atoms. The van der Waals surface area contributed by atoms with Gasteiger partial charge in [0.1, 0.15) is 5.75 Å². The van der Waals surface area contributed by atoms with E-state index in [1.807, 2.05) is 12.1 Å². The van der Waals surface area contributed by atoms with Crippen molar-refractivity contribution in [2.75, 3.05) is 0 Å². The smallest absolute Gasteiger partial charge is 0.314 e. The molecule has 0 saturated heterocycles. The largest absolute Gasteiger partial charge is 0.449 e. The van der Waals surface area contributed by atoms with Crippen molar-refractivity contribution >= 4 is 33.2 Å². The standard InChI is InChI=1S/C14H11BrClNO3/c1-9-3-2-4-13(14(9)17(18)19)20-12-6-5-10(8-16)7-11(12)15/h2-7H,8H2,1H3. The second kappa shape index (κ2) is 6.24. The van der Waals surface area contributed by atoms with Crippen LogP contribution in [0.25, 0.3) is 0 Å². The van der Waals surface area contributed by atoms with Gasteiger partial charge >= 0.3 is 5.69 Å². The number of nitrogens with zero attached hydrogens (tertiary/aromatic N) is 1. The van der Waals surface area contributed by atoms with Gasteiger partial charge in [-0.3, -0.25) is 10.1 Å². The zero-order valence-electron chi connectivity index (χ0n) is 10.6. The van der Waals surface area contributed by atoms with Crippen LogP contribution in [0.1, 0.15) is 11.1 Å². The van der Waals surface area contributed by atoms with Crippen molar-refractivity contribution in [2.45, 2.75) is 12.8 Å². The van der Waals surface area contributed by atoms with Crippen LogP contribution in [0.2, 0.25) is 0 Å². The quantitative estimate of drug-likeness (QED) is 0.430. The lowest BCUT2D eigenvalue weighted by Gasteiger charge is -2.10. The Balaban J connectivity index is 2.40. The minimum atomic E-state index is -0.439. The van der Waals surface area contributed by atoms with Crippen LogP contribution in [0.3, 0.4) is 0 Å². The Bertz CT molecular complexity index is 661. The molecular weight excluding hydrogens is 346 g/mol. The van der Waals surface area contributed by atoms with Gasteiger partial charge < -0.3 is 4.74 Å². The van der Waals surface area contributed by atoms with E-state index in [9.17, 15) is 10.1 Å². The lowest BCUT2D eigenvalue weighted by Crippen LogP contribution is -1.96. The van der Waals surface area contributed by atoms with Gasteiger partial charge in [-0.2, -0.15) is 0 Å².